The van der Waals surface area contributed by atoms with Crippen LogP contribution in [0.25, 0.3) is 0 Å². The number of thioether (sulfide) groups is 1. The molecule has 21 heavy (non-hydrogen) atoms. The summed E-state index contributed by atoms with van der Waals surface area (Å²) in [6.45, 7) is 0. The molecule has 1 aliphatic carbocycles. The molecular weight excluding hydrogens is 302 g/mol. The zero-order valence-corrected chi connectivity index (χ0v) is 13.0. The fourth-order valence-electron chi connectivity index (χ4n) is 4.15. The van der Waals surface area contributed by atoms with Gasteiger partial charge in [0, 0.05) is 27.5 Å². The maximum absolute atomic E-state index is 11.9. The van der Waals surface area contributed by atoms with Crippen LogP contribution in [0.15, 0.2) is 34.1 Å². The Bertz CT molecular complexity index is 766. The fraction of sp³-hybridized carbons (Fsp3) is 0.438. The number of thiazole rings is 1. The summed E-state index contributed by atoms with van der Waals surface area (Å²) < 4.78 is 6.30. The van der Waals surface area contributed by atoms with E-state index in [0.29, 0.717) is 23.2 Å². The highest BCUT2D eigenvalue weighted by atomic mass is 32.2. The first-order chi connectivity index (χ1) is 10.3. The summed E-state index contributed by atoms with van der Waals surface area (Å²) >= 11 is 3.26. The van der Waals surface area contributed by atoms with Crippen molar-refractivity contribution >= 4 is 23.1 Å². The van der Waals surface area contributed by atoms with Crippen molar-refractivity contribution in [2.75, 3.05) is 0 Å². The summed E-state index contributed by atoms with van der Waals surface area (Å²) in [6.07, 6.45) is 3.89. The highest BCUT2D eigenvalue weighted by Crippen LogP contribution is 2.57. The second kappa shape index (κ2) is 4.40. The zero-order valence-electron chi connectivity index (χ0n) is 11.4. The van der Waals surface area contributed by atoms with Crippen LogP contribution in [0.4, 0.5) is 0 Å². The molecule has 2 aliphatic heterocycles. The number of hydrogen-bond donors (Lipinski definition) is 1. The number of aromatic amines is 1. The van der Waals surface area contributed by atoms with E-state index in [2.05, 4.69) is 23.2 Å². The van der Waals surface area contributed by atoms with Gasteiger partial charge in [0.05, 0.1) is 5.03 Å². The monoisotopic (exact) mass is 317 g/mol. The maximum atomic E-state index is 11.9. The van der Waals surface area contributed by atoms with Gasteiger partial charge in [0.2, 0.25) is 0 Å². The van der Waals surface area contributed by atoms with E-state index >= 15 is 0 Å². The van der Waals surface area contributed by atoms with Gasteiger partial charge in [0.1, 0.15) is 11.9 Å². The topological polar surface area (TPSA) is 42.1 Å². The number of aromatic nitrogens is 1. The van der Waals surface area contributed by atoms with Gasteiger partial charge in [-0.1, -0.05) is 29.5 Å². The molecule has 1 fully saturated rings. The number of para-hydroxylation sites is 1. The minimum Gasteiger partial charge on any atom is -0.490 e. The molecule has 1 aromatic carbocycles. The van der Waals surface area contributed by atoms with Crippen LogP contribution in [0.5, 0.6) is 5.75 Å². The Hall–Kier alpha value is -1.20. The molecule has 5 rings (SSSR count). The van der Waals surface area contributed by atoms with Gasteiger partial charge >= 0.3 is 4.87 Å². The average Bonchev–Trinajstić information content (AvgIpc) is 2.87. The van der Waals surface area contributed by atoms with Gasteiger partial charge in [-0.2, -0.15) is 0 Å². The molecule has 2 aromatic rings. The van der Waals surface area contributed by atoms with E-state index in [0.717, 1.165) is 17.2 Å². The summed E-state index contributed by atoms with van der Waals surface area (Å²) in [5.74, 6) is 1.87. The summed E-state index contributed by atoms with van der Waals surface area (Å²) in [7, 11) is 0. The van der Waals surface area contributed by atoms with Crippen molar-refractivity contribution in [3.05, 3.63) is 44.4 Å². The van der Waals surface area contributed by atoms with Gasteiger partial charge in [-0.05, 0) is 25.3 Å². The van der Waals surface area contributed by atoms with Crippen molar-refractivity contribution in [2.24, 2.45) is 5.92 Å². The Kier molecular flexibility index (Phi) is 2.59. The molecule has 0 spiro atoms. The van der Waals surface area contributed by atoms with Crippen molar-refractivity contribution in [3.63, 3.8) is 0 Å². The number of H-pyrrole nitrogens is 1. The lowest BCUT2D eigenvalue weighted by Crippen LogP contribution is -2.46. The normalized spacial score (nSPS) is 32.6. The van der Waals surface area contributed by atoms with E-state index < -0.39 is 0 Å². The van der Waals surface area contributed by atoms with Crippen LogP contribution < -0.4 is 9.61 Å². The lowest BCUT2D eigenvalue weighted by atomic mass is 9.72. The van der Waals surface area contributed by atoms with Gasteiger partial charge in [-0.25, -0.2) is 0 Å². The maximum Gasteiger partial charge on any atom is 0.305 e. The summed E-state index contributed by atoms with van der Waals surface area (Å²) in [4.78, 5) is 16.2. The van der Waals surface area contributed by atoms with Crippen LogP contribution in [0, 0.1) is 5.92 Å². The highest BCUT2D eigenvalue weighted by molar-refractivity contribution is 8.00. The molecule has 1 saturated carbocycles. The lowest BCUT2D eigenvalue weighted by molar-refractivity contribution is 0.0666. The number of nitrogens with one attached hydrogen (secondary N) is 1. The largest absolute Gasteiger partial charge is 0.490 e. The average molecular weight is 317 g/mol. The molecule has 3 aliphatic rings. The van der Waals surface area contributed by atoms with Crippen molar-refractivity contribution in [2.45, 2.75) is 41.6 Å². The van der Waals surface area contributed by atoms with Crippen molar-refractivity contribution in [3.8, 4) is 5.75 Å². The Labute approximate surface area is 130 Å². The Balaban J connectivity index is 1.77. The first kappa shape index (κ1) is 12.4. The predicted octanol–water partition coefficient (Wildman–Crippen LogP) is 3.60. The van der Waals surface area contributed by atoms with E-state index in [1.165, 1.54) is 34.6 Å². The van der Waals surface area contributed by atoms with Crippen LogP contribution in [0.3, 0.4) is 0 Å². The molecule has 5 heteroatoms. The van der Waals surface area contributed by atoms with Crippen LogP contribution in [-0.4, -0.2) is 16.3 Å². The summed E-state index contributed by atoms with van der Waals surface area (Å²) in [5.41, 5.74) is 1.27. The van der Waals surface area contributed by atoms with Crippen LogP contribution >= 0.6 is 23.1 Å². The van der Waals surface area contributed by atoms with Gasteiger partial charge in [0.25, 0.3) is 0 Å². The molecule has 0 radical (unpaired) electrons. The molecule has 3 nitrogen and oxygen atoms in total. The van der Waals surface area contributed by atoms with Crippen molar-refractivity contribution < 1.29 is 4.74 Å². The summed E-state index contributed by atoms with van der Waals surface area (Å²) in [5, 5.41) is 1.67. The van der Waals surface area contributed by atoms with E-state index in [1.807, 2.05) is 17.8 Å². The van der Waals surface area contributed by atoms with Gasteiger partial charge in [-0.3, -0.25) is 4.79 Å². The highest BCUT2D eigenvalue weighted by Gasteiger charge is 2.50. The van der Waals surface area contributed by atoms with E-state index in [1.54, 1.807) is 0 Å². The molecule has 1 N–H and O–H groups in total. The van der Waals surface area contributed by atoms with Gasteiger partial charge in [0.15, 0.2) is 0 Å². The number of ether oxygens (including phenoxy) is 1. The van der Waals surface area contributed by atoms with Crippen molar-refractivity contribution in [1.29, 1.82) is 0 Å². The molecule has 1 aromatic heterocycles. The molecule has 108 valence electrons. The molecule has 0 unspecified atom stereocenters. The van der Waals surface area contributed by atoms with E-state index in [4.69, 9.17) is 4.74 Å². The molecule has 4 atom stereocenters. The van der Waals surface area contributed by atoms with Crippen LogP contribution in [0.1, 0.15) is 35.6 Å². The Morgan fingerprint density at radius 1 is 1.24 bits per heavy atom. The van der Waals surface area contributed by atoms with E-state index in [-0.39, 0.29) is 4.87 Å². The van der Waals surface area contributed by atoms with Crippen molar-refractivity contribution in [1.82, 2.24) is 4.98 Å². The summed E-state index contributed by atoms with van der Waals surface area (Å²) in [6, 6.07) is 8.37. The lowest BCUT2D eigenvalue weighted by Gasteiger charge is -2.48. The minimum absolute atomic E-state index is 0.0756. The third-order valence-corrected chi connectivity index (χ3v) is 7.45. The van der Waals surface area contributed by atoms with Gasteiger partial charge < -0.3 is 9.72 Å². The first-order valence-corrected chi connectivity index (χ1v) is 9.16. The second-order valence-electron chi connectivity index (χ2n) is 6.04. The fourth-order valence-corrected chi connectivity index (χ4v) is 6.86. The SMILES string of the molecule is O=c1[nH]c2c(s1)[C@H]1c3ccccc3O[C@H]3CCC[C@@H](S2)[C@H]13. The first-order valence-electron chi connectivity index (χ1n) is 7.46. The van der Waals surface area contributed by atoms with E-state index in [9.17, 15) is 4.79 Å². The Morgan fingerprint density at radius 3 is 3.10 bits per heavy atom. The molecule has 0 amide bonds. The molecule has 0 saturated heterocycles. The smallest absolute Gasteiger partial charge is 0.305 e. The number of fused-ring (bicyclic) bond motifs is 4. The minimum atomic E-state index is 0.0756. The third-order valence-electron chi connectivity index (χ3n) is 4.95. The van der Waals surface area contributed by atoms with Crippen LogP contribution in [0.2, 0.25) is 0 Å². The molecule has 0 bridgehead atoms. The number of benzene rings is 1. The number of rotatable bonds is 0. The zero-order chi connectivity index (χ0) is 14.0. The third kappa shape index (κ3) is 1.70. The molecular formula is C16H15NO2S2. The Morgan fingerprint density at radius 2 is 2.14 bits per heavy atom. The predicted molar refractivity (Wildman–Crippen MR) is 84.6 cm³/mol. The number of hydrogen-bond acceptors (Lipinski definition) is 4. The quantitative estimate of drug-likeness (QED) is 0.807. The van der Waals surface area contributed by atoms with Crippen LogP contribution in [-0.2, 0) is 0 Å². The molecule has 3 heterocycles. The van der Waals surface area contributed by atoms with Gasteiger partial charge in [-0.15, -0.1) is 11.8 Å². The second-order valence-corrected chi connectivity index (χ2v) is 8.31. The standard InChI is InChI=1S/C16H15NO2S2/c18-16-17-15-14(21-16)12-8-4-1-2-5-9(8)19-10-6-3-7-11(20-15)13(10)12/h1-2,4-5,10-13H,3,6-7H2,(H,17,18)/t10-,11+,12-,13+/m0/s1.